The Labute approximate surface area is 168 Å². The summed E-state index contributed by atoms with van der Waals surface area (Å²) in [4.78, 5) is 16.9. The highest BCUT2D eigenvalue weighted by Gasteiger charge is 2.23. The van der Waals surface area contributed by atoms with Gasteiger partial charge >= 0.3 is 0 Å². The first kappa shape index (κ1) is 20.1. The Morgan fingerprint density at radius 3 is 1.86 bits per heavy atom. The number of rotatable bonds is 7. The number of methoxy groups -OCH3 is 5. The van der Waals surface area contributed by atoms with Crippen molar-refractivity contribution >= 4 is 17.8 Å². The molecule has 2 aromatic carbocycles. The van der Waals surface area contributed by atoms with Crippen LogP contribution >= 0.6 is 0 Å². The summed E-state index contributed by atoms with van der Waals surface area (Å²) in [5.74, 6) is 2.72. The van der Waals surface area contributed by atoms with Crippen molar-refractivity contribution in [1.29, 1.82) is 0 Å². The van der Waals surface area contributed by atoms with Gasteiger partial charge in [-0.15, -0.1) is 0 Å². The maximum absolute atomic E-state index is 12.5. The molecule has 1 heterocycles. The molecule has 0 saturated carbocycles. The second-order valence-electron chi connectivity index (χ2n) is 6.00. The van der Waals surface area contributed by atoms with E-state index in [1.807, 2.05) is 0 Å². The Morgan fingerprint density at radius 2 is 1.38 bits per heavy atom. The number of carbonyl (C=O) groups is 1. The van der Waals surface area contributed by atoms with E-state index in [1.165, 1.54) is 21.3 Å². The van der Waals surface area contributed by atoms with Gasteiger partial charge in [-0.05, 0) is 35.9 Å². The number of nitrogens with zero attached hydrogens (tertiary/aromatic N) is 1. The van der Waals surface area contributed by atoms with Gasteiger partial charge in [-0.25, -0.2) is 4.99 Å². The highest BCUT2D eigenvalue weighted by atomic mass is 16.5. The Kier molecular flexibility index (Phi) is 5.92. The minimum absolute atomic E-state index is 0.246. The predicted octanol–water partition coefficient (Wildman–Crippen LogP) is 2.65. The maximum atomic E-state index is 12.5. The second-order valence-corrected chi connectivity index (χ2v) is 6.00. The van der Waals surface area contributed by atoms with Gasteiger partial charge in [0.25, 0.3) is 5.91 Å². The van der Waals surface area contributed by atoms with E-state index in [9.17, 15) is 4.79 Å². The molecule has 1 aliphatic heterocycles. The molecular weight excluding hydrogens is 376 g/mol. The van der Waals surface area contributed by atoms with Crippen LogP contribution in [0.1, 0.15) is 11.1 Å². The summed E-state index contributed by atoms with van der Waals surface area (Å²) < 4.78 is 26.6. The average Bonchev–Trinajstić information content (AvgIpc) is 3.12. The van der Waals surface area contributed by atoms with Crippen molar-refractivity contribution in [1.82, 2.24) is 5.32 Å². The largest absolute Gasteiger partial charge is 0.497 e. The van der Waals surface area contributed by atoms with Crippen LogP contribution in [-0.4, -0.2) is 47.3 Å². The summed E-state index contributed by atoms with van der Waals surface area (Å²) >= 11 is 0. The van der Waals surface area contributed by atoms with Crippen molar-refractivity contribution in [2.75, 3.05) is 35.5 Å². The number of aliphatic imine (C=N–C) groups is 1. The molecule has 1 aliphatic rings. The molecule has 1 N–H and O–H groups in total. The first-order valence-corrected chi connectivity index (χ1v) is 8.68. The van der Waals surface area contributed by atoms with Crippen LogP contribution in [0, 0.1) is 0 Å². The van der Waals surface area contributed by atoms with E-state index in [2.05, 4.69) is 10.3 Å². The van der Waals surface area contributed by atoms with E-state index in [0.29, 0.717) is 45.7 Å². The summed E-state index contributed by atoms with van der Waals surface area (Å²) in [7, 11) is 7.71. The van der Waals surface area contributed by atoms with E-state index < -0.39 is 0 Å². The highest BCUT2D eigenvalue weighted by molar-refractivity contribution is 6.20. The predicted molar refractivity (Wildman–Crippen MR) is 108 cm³/mol. The van der Waals surface area contributed by atoms with Crippen LogP contribution in [0.4, 0.5) is 0 Å². The lowest BCUT2D eigenvalue weighted by Gasteiger charge is -2.12. The third kappa shape index (κ3) is 4.11. The average molecular weight is 398 g/mol. The van der Waals surface area contributed by atoms with Gasteiger partial charge in [0.05, 0.1) is 35.5 Å². The topological polar surface area (TPSA) is 87.6 Å². The van der Waals surface area contributed by atoms with Crippen molar-refractivity contribution in [3.63, 3.8) is 0 Å². The van der Waals surface area contributed by atoms with Gasteiger partial charge in [0.2, 0.25) is 5.75 Å². The van der Waals surface area contributed by atoms with Crippen LogP contribution in [0.25, 0.3) is 6.08 Å². The first-order chi connectivity index (χ1) is 14.0. The molecule has 0 aromatic heterocycles. The fourth-order valence-corrected chi connectivity index (χ4v) is 2.89. The van der Waals surface area contributed by atoms with Crippen molar-refractivity contribution in [3.8, 4) is 28.7 Å². The summed E-state index contributed by atoms with van der Waals surface area (Å²) in [6.45, 7) is 0. The summed E-state index contributed by atoms with van der Waals surface area (Å²) in [5.41, 5.74) is 1.59. The van der Waals surface area contributed by atoms with Gasteiger partial charge in [0.15, 0.2) is 11.5 Å². The van der Waals surface area contributed by atoms with Crippen molar-refractivity contribution in [3.05, 3.63) is 47.2 Å². The zero-order valence-electron chi connectivity index (χ0n) is 16.9. The van der Waals surface area contributed by atoms with Crippen LogP contribution in [-0.2, 0) is 4.79 Å². The fraction of sp³-hybridized carbons (Fsp3) is 0.238. The molecule has 0 fully saturated rings. The number of carbonyl (C=O) groups excluding carboxylic acids is 1. The Balaban J connectivity index is 2.01. The Bertz CT molecular complexity index is 949. The number of nitrogens with one attached hydrogen (secondary N) is 1. The number of hydrogen-bond donors (Lipinski definition) is 1. The van der Waals surface area contributed by atoms with Crippen LogP contribution in [0.2, 0.25) is 0 Å². The van der Waals surface area contributed by atoms with Crippen LogP contribution in [0.3, 0.4) is 0 Å². The Morgan fingerprint density at radius 1 is 0.793 bits per heavy atom. The normalized spacial score (nSPS) is 14.3. The summed E-state index contributed by atoms with van der Waals surface area (Å²) in [6, 6.07) is 8.76. The molecule has 2 aromatic rings. The van der Waals surface area contributed by atoms with Gasteiger partial charge < -0.3 is 29.0 Å². The first-order valence-electron chi connectivity index (χ1n) is 8.68. The zero-order valence-corrected chi connectivity index (χ0v) is 16.9. The lowest BCUT2D eigenvalue weighted by Crippen LogP contribution is -2.24. The highest BCUT2D eigenvalue weighted by Crippen LogP contribution is 2.39. The van der Waals surface area contributed by atoms with Crippen molar-refractivity contribution in [2.24, 2.45) is 4.99 Å². The van der Waals surface area contributed by atoms with E-state index in [-0.39, 0.29) is 11.6 Å². The molecule has 3 rings (SSSR count). The molecule has 0 spiro atoms. The minimum atomic E-state index is -0.324. The molecule has 29 heavy (non-hydrogen) atoms. The fourth-order valence-electron chi connectivity index (χ4n) is 2.89. The van der Waals surface area contributed by atoms with Gasteiger partial charge in [0.1, 0.15) is 23.0 Å². The quantitative estimate of drug-likeness (QED) is 0.722. The van der Waals surface area contributed by atoms with Gasteiger partial charge in [-0.2, -0.15) is 0 Å². The van der Waals surface area contributed by atoms with E-state index >= 15 is 0 Å². The molecule has 0 saturated heterocycles. The lowest BCUT2D eigenvalue weighted by atomic mass is 10.1. The van der Waals surface area contributed by atoms with Crippen molar-refractivity contribution in [2.45, 2.75) is 0 Å². The standard InChI is InChI=1S/C21H22N2O6/c1-25-14-9-13(10-15(11-14)26-2)20-22-16(21(24)23-20)6-12-7-17(27-3)19(29-5)18(8-12)28-4/h6-11H,1-5H3,(H,22,23,24)/b16-6+. The lowest BCUT2D eigenvalue weighted by molar-refractivity contribution is -0.115. The van der Waals surface area contributed by atoms with Crippen LogP contribution in [0.15, 0.2) is 41.0 Å². The number of amides is 1. The summed E-state index contributed by atoms with van der Waals surface area (Å²) in [5, 5.41) is 2.77. The number of hydrogen-bond acceptors (Lipinski definition) is 7. The van der Waals surface area contributed by atoms with Crippen LogP contribution < -0.4 is 29.0 Å². The second kappa shape index (κ2) is 8.55. The summed E-state index contributed by atoms with van der Waals surface area (Å²) in [6.07, 6.45) is 1.64. The molecule has 8 nitrogen and oxygen atoms in total. The maximum Gasteiger partial charge on any atom is 0.275 e. The minimum Gasteiger partial charge on any atom is -0.497 e. The number of amidine groups is 1. The van der Waals surface area contributed by atoms with Gasteiger partial charge in [0, 0.05) is 11.6 Å². The van der Waals surface area contributed by atoms with Gasteiger partial charge in [-0.3, -0.25) is 4.79 Å². The third-order valence-corrected chi connectivity index (χ3v) is 4.31. The molecule has 1 amide bonds. The molecule has 152 valence electrons. The smallest absolute Gasteiger partial charge is 0.275 e. The molecule has 0 aliphatic carbocycles. The zero-order chi connectivity index (χ0) is 21.0. The molecular formula is C21H22N2O6. The Hall–Kier alpha value is -3.68. The molecule has 0 radical (unpaired) electrons. The monoisotopic (exact) mass is 398 g/mol. The van der Waals surface area contributed by atoms with Gasteiger partial charge in [-0.1, -0.05) is 0 Å². The van der Waals surface area contributed by atoms with Crippen molar-refractivity contribution < 1.29 is 28.5 Å². The number of ether oxygens (including phenoxy) is 5. The third-order valence-electron chi connectivity index (χ3n) is 4.31. The SMILES string of the molecule is COc1cc(OC)cc(C2=N/C(=C/c3cc(OC)c(OC)c(OC)c3)C(=O)N2)c1. The molecule has 8 heteroatoms. The molecule has 0 unspecified atom stereocenters. The number of benzene rings is 2. The van der Waals surface area contributed by atoms with E-state index in [0.717, 1.165) is 0 Å². The molecule has 0 bridgehead atoms. The molecule has 0 atom stereocenters. The van der Waals surface area contributed by atoms with E-state index in [4.69, 9.17) is 23.7 Å². The van der Waals surface area contributed by atoms with E-state index in [1.54, 1.807) is 50.6 Å². The van der Waals surface area contributed by atoms with Crippen LogP contribution in [0.5, 0.6) is 28.7 Å².